The van der Waals surface area contributed by atoms with E-state index < -0.39 is 24.5 Å². The number of nitrogens with one attached hydrogen (secondary N) is 1. The molecule has 3 rings (SSSR count). The first-order valence-electron chi connectivity index (χ1n) is 8.78. The third kappa shape index (κ3) is 3.53. The molecular formula is C16H26N6O3. The van der Waals surface area contributed by atoms with Crippen LogP contribution in [0.3, 0.4) is 0 Å². The molecule has 2 aromatic heterocycles. The van der Waals surface area contributed by atoms with Crippen LogP contribution in [-0.2, 0) is 4.74 Å². The van der Waals surface area contributed by atoms with Crippen molar-refractivity contribution >= 4 is 22.9 Å². The second-order valence-corrected chi connectivity index (χ2v) is 6.46. The molecule has 3 heterocycles. The standard InChI is InChI=1S/C16H26N6O3/c1-3-4-5-6-7-18-16-20-13(17)10-14(21-16)22(8-19-10)15-12(24)11(23)9(2)25-15/h8-9,11-12,15,23-24H,3-7H2,1-2H3,(H3,17,18,20,21)/t9-,11-,12-,15-/m1/s1. The highest BCUT2D eigenvalue weighted by Gasteiger charge is 2.42. The summed E-state index contributed by atoms with van der Waals surface area (Å²) in [5, 5.41) is 23.3. The number of fused-ring (bicyclic) bond motifs is 1. The van der Waals surface area contributed by atoms with Crippen LogP contribution in [0.25, 0.3) is 11.2 Å². The number of nitrogens with two attached hydrogens (primary N) is 1. The molecule has 25 heavy (non-hydrogen) atoms. The lowest BCUT2D eigenvalue weighted by atomic mass is 10.1. The van der Waals surface area contributed by atoms with Crippen molar-refractivity contribution in [1.82, 2.24) is 19.5 Å². The van der Waals surface area contributed by atoms with Crippen LogP contribution in [-0.4, -0.2) is 54.6 Å². The van der Waals surface area contributed by atoms with E-state index in [1.165, 1.54) is 19.2 Å². The van der Waals surface area contributed by atoms with Crippen molar-refractivity contribution in [3.05, 3.63) is 6.33 Å². The highest BCUT2D eigenvalue weighted by atomic mass is 16.6. The Morgan fingerprint density at radius 1 is 1.24 bits per heavy atom. The molecule has 138 valence electrons. The summed E-state index contributed by atoms with van der Waals surface area (Å²) in [4.78, 5) is 12.9. The molecule has 1 aliphatic rings. The van der Waals surface area contributed by atoms with Gasteiger partial charge in [0.1, 0.15) is 17.7 Å². The first kappa shape index (κ1) is 17.8. The van der Waals surface area contributed by atoms with E-state index in [0.29, 0.717) is 17.1 Å². The number of hydrogen-bond acceptors (Lipinski definition) is 8. The van der Waals surface area contributed by atoms with E-state index in [4.69, 9.17) is 10.5 Å². The van der Waals surface area contributed by atoms with E-state index in [2.05, 4.69) is 27.2 Å². The lowest BCUT2D eigenvalue weighted by molar-refractivity contribution is -0.0299. The van der Waals surface area contributed by atoms with Gasteiger partial charge in [0.25, 0.3) is 0 Å². The Balaban J connectivity index is 1.81. The lowest BCUT2D eigenvalue weighted by Crippen LogP contribution is -2.30. The van der Waals surface area contributed by atoms with Crippen LogP contribution in [0, 0.1) is 0 Å². The summed E-state index contributed by atoms with van der Waals surface area (Å²) in [6.07, 6.45) is 2.80. The number of nitrogen functional groups attached to an aromatic ring is 1. The molecule has 0 radical (unpaired) electrons. The van der Waals surface area contributed by atoms with Crippen molar-refractivity contribution in [2.24, 2.45) is 0 Å². The van der Waals surface area contributed by atoms with Crippen molar-refractivity contribution in [3.8, 4) is 0 Å². The van der Waals surface area contributed by atoms with Crippen molar-refractivity contribution in [2.45, 2.75) is 64.1 Å². The van der Waals surface area contributed by atoms with Crippen LogP contribution >= 0.6 is 0 Å². The fourth-order valence-electron chi connectivity index (χ4n) is 3.01. The van der Waals surface area contributed by atoms with Gasteiger partial charge in [-0.1, -0.05) is 26.2 Å². The van der Waals surface area contributed by atoms with Crippen LogP contribution in [0.1, 0.15) is 45.8 Å². The number of aromatic nitrogens is 4. The van der Waals surface area contributed by atoms with Gasteiger partial charge in [0, 0.05) is 6.54 Å². The fraction of sp³-hybridized carbons (Fsp3) is 0.688. The van der Waals surface area contributed by atoms with Crippen LogP contribution in [0.4, 0.5) is 11.8 Å². The van der Waals surface area contributed by atoms with Gasteiger partial charge >= 0.3 is 0 Å². The molecule has 0 aromatic carbocycles. The molecule has 2 aromatic rings. The van der Waals surface area contributed by atoms with Crippen LogP contribution in [0.15, 0.2) is 6.33 Å². The van der Waals surface area contributed by atoms with Crippen LogP contribution in [0.2, 0.25) is 0 Å². The Bertz CT molecular complexity index is 721. The van der Waals surface area contributed by atoms with E-state index in [-0.39, 0.29) is 5.82 Å². The Hall–Kier alpha value is -1.97. The minimum Gasteiger partial charge on any atom is -0.388 e. The number of ether oxygens (including phenoxy) is 1. The summed E-state index contributed by atoms with van der Waals surface area (Å²) < 4.78 is 7.24. The van der Waals surface area contributed by atoms with Gasteiger partial charge in [-0.2, -0.15) is 9.97 Å². The summed E-state index contributed by atoms with van der Waals surface area (Å²) in [5.74, 6) is 0.685. The summed E-state index contributed by atoms with van der Waals surface area (Å²) in [6.45, 7) is 4.64. The van der Waals surface area contributed by atoms with Gasteiger partial charge in [0.2, 0.25) is 5.95 Å². The summed E-state index contributed by atoms with van der Waals surface area (Å²) in [5.41, 5.74) is 6.90. The van der Waals surface area contributed by atoms with Gasteiger partial charge in [-0.15, -0.1) is 0 Å². The number of hydrogen-bond donors (Lipinski definition) is 4. The van der Waals surface area contributed by atoms with E-state index in [1.54, 1.807) is 11.5 Å². The molecule has 1 fully saturated rings. The molecule has 0 saturated carbocycles. The maximum Gasteiger partial charge on any atom is 0.226 e. The predicted molar refractivity (Wildman–Crippen MR) is 94.0 cm³/mol. The SMILES string of the molecule is CCCCCCNc1nc(N)c2ncn([C@@H]3O[C@H](C)[C@@H](O)[C@H]3O)c2n1. The van der Waals surface area contributed by atoms with E-state index in [1.807, 2.05) is 0 Å². The molecule has 0 unspecified atom stereocenters. The van der Waals surface area contributed by atoms with Gasteiger partial charge in [-0.05, 0) is 13.3 Å². The number of rotatable bonds is 7. The molecule has 9 nitrogen and oxygen atoms in total. The summed E-state index contributed by atoms with van der Waals surface area (Å²) in [6, 6.07) is 0. The number of unbranched alkanes of at least 4 members (excludes halogenated alkanes) is 3. The second kappa shape index (κ2) is 7.51. The molecule has 1 saturated heterocycles. The molecule has 1 aliphatic heterocycles. The van der Waals surface area contributed by atoms with Gasteiger partial charge in [0.15, 0.2) is 17.7 Å². The fourth-order valence-corrected chi connectivity index (χ4v) is 3.01. The van der Waals surface area contributed by atoms with Gasteiger partial charge < -0.3 is 26.0 Å². The third-order valence-electron chi connectivity index (χ3n) is 4.51. The topological polar surface area (TPSA) is 131 Å². The maximum absolute atomic E-state index is 10.2. The van der Waals surface area contributed by atoms with Gasteiger partial charge in [-0.3, -0.25) is 4.57 Å². The Kier molecular flexibility index (Phi) is 5.36. The zero-order valence-corrected chi connectivity index (χ0v) is 14.6. The zero-order chi connectivity index (χ0) is 18.0. The van der Waals surface area contributed by atoms with E-state index in [0.717, 1.165) is 19.4 Å². The first-order valence-corrected chi connectivity index (χ1v) is 8.78. The van der Waals surface area contributed by atoms with Crippen molar-refractivity contribution in [1.29, 1.82) is 0 Å². The maximum atomic E-state index is 10.2. The largest absolute Gasteiger partial charge is 0.388 e. The molecule has 0 spiro atoms. The van der Waals surface area contributed by atoms with E-state index >= 15 is 0 Å². The van der Waals surface area contributed by atoms with Crippen molar-refractivity contribution < 1.29 is 14.9 Å². The minimum absolute atomic E-state index is 0.265. The number of aliphatic hydroxyl groups is 2. The Labute approximate surface area is 146 Å². The van der Waals surface area contributed by atoms with Gasteiger partial charge in [-0.25, -0.2) is 4.98 Å². The molecule has 0 aliphatic carbocycles. The molecule has 4 atom stereocenters. The number of imidazole rings is 1. The quantitative estimate of drug-likeness (QED) is 0.545. The minimum atomic E-state index is -1.06. The summed E-state index contributed by atoms with van der Waals surface area (Å²) in [7, 11) is 0. The Morgan fingerprint density at radius 3 is 2.72 bits per heavy atom. The zero-order valence-electron chi connectivity index (χ0n) is 14.6. The smallest absolute Gasteiger partial charge is 0.226 e. The monoisotopic (exact) mass is 350 g/mol. The molecule has 0 bridgehead atoms. The number of aliphatic hydroxyl groups excluding tert-OH is 2. The normalized spacial score (nSPS) is 26.4. The highest BCUT2D eigenvalue weighted by molar-refractivity contribution is 5.82. The van der Waals surface area contributed by atoms with Crippen molar-refractivity contribution in [2.75, 3.05) is 17.6 Å². The molecule has 0 amide bonds. The van der Waals surface area contributed by atoms with Gasteiger partial charge in [0.05, 0.1) is 12.4 Å². The van der Waals surface area contributed by atoms with Crippen LogP contribution in [0.5, 0.6) is 0 Å². The molecule has 5 N–H and O–H groups in total. The highest BCUT2D eigenvalue weighted by Crippen LogP contribution is 2.32. The molecule has 9 heteroatoms. The van der Waals surface area contributed by atoms with E-state index in [9.17, 15) is 10.2 Å². The Morgan fingerprint density at radius 2 is 2.04 bits per heavy atom. The van der Waals surface area contributed by atoms with Crippen molar-refractivity contribution in [3.63, 3.8) is 0 Å². The van der Waals surface area contributed by atoms with Crippen LogP contribution < -0.4 is 11.1 Å². The lowest BCUT2D eigenvalue weighted by Gasteiger charge is -2.16. The first-order chi connectivity index (χ1) is 12.0. The molecular weight excluding hydrogens is 324 g/mol. The number of anilines is 2. The number of nitrogens with zero attached hydrogens (tertiary/aromatic N) is 4. The summed E-state index contributed by atoms with van der Waals surface area (Å²) >= 11 is 0. The average molecular weight is 350 g/mol. The average Bonchev–Trinajstić information content (AvgIpc) is 3.12. The predicted octanol–water partition coefficient (Wildman–Crippen LogP) is 1.04. The third-order valence-corrected chi connectivity index (χ3v) is 4.51. The second-order valence-electron chi connectivity index (χ2n) is 6.46.